The molecule has 78 valence electrons. The van der Waals surface area contributed by atoms with Crippen molar-refractivity contribution >= 4 is 23.6 Å². The number of carbonyl (C=O) groups excluding carboxylic acids is 1. The Morgan fingerprint density at radius 2 is 2.29 bits per heavy atom. The Morgan fingerprint density at radius 1 is 1.64 bits per heavy atom. The van der Waals surface area contributed by atoms with Crippen LogP contribution >= 0.6 is 11.8 Å². The predicted molar refractivity (Wildman–Crippen MR) is 52.8 cm³/mol. The van der Waals surface area contributed by atoms with Gasteiger partial charge in [0.1, 0.15) is 6.04 Å². The summed E-state index contributed by atoms with van der Waals surface area (Å²) < 4.78 is 0. The van der Waals surface area contributed by atoms with Gasteiger partial charge < -0.3 is 10.4 Å². The number of amides is 1. The summed E-state index contributed by atoms with van der Waals surface area (Å²) in [6.45, 7) is 1.68. The van der Waals surface area contributed by atoms with Crippen LogP contribution in [0.5, 0.6) is 0 Å². The van der Waals surface area contributed by atoms with E-state index >= 15 is 0 Å². The summed E-state index contributed by atoms with van der Waals surface area (Å²) in [7, 11) is 0. The van der Waals surface area contributed by atoms with Gasteiger partial charge in [-0.25, -0.2) is 4.79 Å². The molecule has 0 spiro atoms. The molecule has 1 amide bonds. The van der Waals surface area contributed by atoms with E-state index in [2.05, 4.69) is 5.32 Å². The zero-order valence-electron chi connectivity index (χ0n) is 7.82. The fraction of sp³-hybridized carbons (Fsp3) is 0.625. The van der Waals surface area contributed by atoms with E-state index in [1.807, 2.05) is 6.07 Å². The van der Waals surface area contributed by atoms with E-state index in [0.29, 0.717) is 6.42 Å². The van der Waals surface area contributed by atoms with Gasteiger partial charge in [0.15, 0.2) is 0 Å². The van der Waals surface area contributed by atoms with E-state index in [1.165, 1.54) is 0 Å². The maximum absolute atomic E-state index is 11.1. The summed E-state index contributed by atoms with van der Waals surface area (Å²) in [4.78, 5) is 21.6. The quantitative estimate of drug-likeness (QED) is 0.620. The van der Waals surface area contributed by atoms with Gasteiger partial charge in [0.25, 0.3) is 0 Å². The molecule has 14 heavy (non-hydrogen) atoms. The zero-order chi connectivity index (χ0) is 11.0. The van der Waals surface area contributed by atoms with Crippen molar-refractivity contribution in [2.24, 2.45) is 0 Å². The molecular formula is C8H12N2O3S. The topological polar surface area (TPSA) is 90.2 Å². The summed E-state index contributed by atoms with van der Waals surface area (Å²) >= 11 is 1.16. The van der Waals surface area contributed by atoms with E-state index in [4.69, 9.17) is 10.4 Å². The monoisotopic (exact) mass is 216 g/mol. The average Bonchev–Trinajstić information content (AvgIpc) is 2.14. The van der Waals surface area contributed by atoms with Crippen LogP contribution < -0.4 is 5.32 Å². The van der Waals surface area contributed by atoms with Gasteiger partial charge >= 0.3 is 5.97 Å². The SMILES string of the molecule is CC[C@H](NC(=O)CSCC#N)C(=O)O. The molecule has 0 aliphatic carbocycles. The summed E-state index contributed by atoms with van der Waals surface area (Å²) in [6, 6.07) is 1.05. The maximum atomic E-state index is 11.1. The molecule has 0 unspecified atom stereocenters. The Balaban J connectivity index is 3.80. The second-order valence-electron chi connectivity index (χ2n) is 2.52. The number of aliphatic carboxylic acids is 1. The van der Waals surface area contributed by atoms with E-state index < -0.39 is 12.0 Å². The van der Waals surface area contributed by atoms with Crippen LogP contribution in [-0.4, -0.2) is 34.5 Å². The second kappa shape index (κ2) is 7.21. The van der Waals surface area contributed by atoms with Gasteiger partial charge in [-0.15, -0.1) is 11.8 Å². The number of nitrogens with zero attached hydrogens (tertiary/aromatic N) is 1. The van der Waals surface area contributed by atoms with E-state index in [9.17, 15) is 9.59 Å². The lowest BCUT2D eigenvalue weighted by molar-refractivity contribution is -0.141. The minimum Gasteiger partial charge on any atom is -0.480 e. The van der Waals surface area contributed by atoms with Gasteiger partial charge in [0, 0.05) is 0 Å². The molecule has 0 bridgehead atoms. The molecule has 0 radical (unpaired) electrons. The van der Waals surface area contributed by atoms with Crippen molar-refractivity contribution in [2.75, 3.05) is 11.5 Å². The molecule has 5 nitrogen and oxygen atoms in total. The third-order valence-electron chi connectivity index (χ3n) is 1.44. The van der Waals surface area contributed by atoms with Gasteiger partial charge in [-0.05, 0) is 6.42 Å². The first kappa shape index (κ1) is 12.8. The van der Waals surface area contributed by atoms with Crippen LogP contribution in [-0.2, 0) is 9.59 Å². The first-order valence-corrected chi connectivity index (χ1v) is 5.24. The van der Waals surface area contributed by atoms with Crippen LogP contribution in [0.25, 0.3) is 0 Å². The molecule has 1 atom stereocenters. The number of hydrogen-bond donors (Lipinski definition) is 2. The summed E-state index contributed by atoms with van der Waals surface area (Å²) in [5, 5.41) is 19.2. The number of rotatable bonds is 6. The van der Waals surface area contributed by atoms with Crippen molar-refractivity contribution in [1.82, 2.24) is 5.32 Å². The summed E-state index contributed by atoms with van der Waals surface area (Å²) in [6.07, 6.45) is 0.351. The van der Waals surface area contributed by atoms with E-state index in [1.54, 1.807) is 6.92 Å². The highest BCUT2D eigenvalue weighted by atomic mass is 32.2. The minimum atomic E-state index is -1.04. The molecule has 0 rings (SSSR count). The summed E-state index contributed by atoms with van der Waals surface area (Å²) in [5.74, 6) is -1.03. The number of thioether (sulfide) groups is 1. The Bertz CT molecular complexity index is 249. The predicted octanol–water partition coefficient (Wildman–Crippen LogP) is 0.223. The molecule has 0 aromatic rings. The van der Waals surface area contributed by atoms with Crippen LogP contribution in [0.2, 0.25) is 0 Å². The normalized spacial score (nSPS) is 11.4. The molecule has 0 aliphatic heterocycles. The van der Waals surface area contributed by atoms with Crippen molar-refractivity contribution < 1.29 is 14.7 Å². The highest BCUT2D eigenvalue weighted by Crippen LogP contribution is 1.98. The fourth-order valence-corrected chi connectivity index (χ4v) is 1.23. The maximum Gasteiger partial charge on any atom is 0.326 e. The molecule has 0 aromatic carbocycles. The second-order valence-corrected chi connectivity index (χ2v) is 3.50. The van der Waals surface area contributed by atoms with Gasteiger partial charge in [-0.2, -0.15) is 5.26 Å². The van der Waals surface area contributed by atoms with Crippen molar-refractivity contribution in [1.29, 1.82) is 5.26 Å². The number of carboxylic acids is 1. The third-order valence-corrected chi connectivity index (χ3v) is 2.24. The molecule has 0 saturated carbocycles. The summed E-state index contributed by atoms with van der Waals surface area (Å²) in [5.41, 5.74) is 0. The fourth-order valence-electron chi connectivity index (χ4n) is 0.764. The zero-order valence-corrected chi connectivity index (χ0v) is 8.63. The largest absolute Gasteiger partial charge is 0.480 e. The van der Waals surface area contributed by atoms with Gasteiger partial charge in [-0.3, -0.25) is 4.79 Å². The molecule has 0 aliphatic rings. The van der Waals surface area contributed by atoms with E-state index in [-0.39, 0.29) is 17.4 Å². The van der Waals surface area contributed by atoms with Gasteiger partial charge in [-0.1, -0.05) is 6.92 Å². The average molecular weight is 216 g/mol. The smallest absolute Gasteiger partial charge is 0.326 e. The highest BCUT2D eigenvalue weighted by molar-refractivity contribution is 8.00. The number of nitriles is 1. The van der Waals surface area contributed by atoms with Crippen molar-refractivity contribution in [3.8, 4) is 6.07 Å². The van der Waals surface area contributed by atoms with Crippen molar-refractivity contribution in [3.05, 3.63) is 0 Å². The Kier molecular flexibility index (Phi) is 6.58. The lowest BCUT2D eigenvalue weighted by atomic mass is 10.2. The van der Waals surface area contributed by atoms with Crippen LogP contribution in [0.1, 0.15) is 13.3 Å². The first-order valence-electron chi connectivity index (χ1n) is 4.08. The van der Waals surface area contributed by atoms with Gasteiger partial charge in [0.05, 0.1) is 17.6 Å². The molecule has 0 fully saturated rings. The molecule has 0 saturated heterocycles. The van der Waals surface area contributed by atoms with Crippen molar-refractivity contribution in [2.45, 2.75) is 19.4 Å². The van der Waals surface area contributed by atoms with Crippen molar-refractivity contribution in [3.63, 3.8) is 0 Å². The van der Waals surface area contributed by atoms with Crippen LogP contribution in [0.15, 0.2) is 0 Å². The third kappa shape index (κ3) is 5.43. The lowest BCUT2D eigenvalue weighted by Crippen LogP contribution is -2.41. The molecule has 2 N–H and O–H groups in total. The highest BCUT2D eigenvalue weighted by Gasteiger charge is 2.16. The number of carboxylic acid groups (broad SMARTS) is 1. The number of nitrogens with one attached hydrogen (secondary N) is 1. The number of hydrogen-bond acceptors (Lipinski definition) is 4. The number of carbonyl (C=O) groups is 2. The van der Waals surface area contributed by atoms with Crippen LogP contribution in [0.4, 0.5) is 0 Å². The Labute approximate surface area is 86.5 Å². The van der Waals surface area contributed by atoms with Crippen LogP contribution in [0, 0.1) is 11.3 Å². The molecule has 0 heterocycles. The molecule has 6 heteroatoms. The lowest BCUT2D eigenvalue weighted by Gasteiger charge is -2.11. The minimum absolute atomic E-state index is 0.122. The first-order chi connectivity index (χ1) is 6.61. The Hall–Kier alpha value is -1.22. The van der Waals surface area contributed by atoms with Gasteiger partial charge in [0.2, 0.25) is 5.91 Å². The molecular weight excluding hydrogens is 204 g/mol. The van der Waals surface area contributed by atoms with Crippen LogP contribution in [0.3, 0.4) is 0 Å². The standard InChI is InChI=1S/C8H12N2O3S/c1-2-6(8(12)13)10-7(11)5-14-4-3-9/h6H,2,4-5H2,1H3,(H,10,11)(H,12,13)/t6-/m0/s1. The Morgan fingerprint density at radius 3 is 2.71 bits per heavy atom. The van der Waals surface area contributed by atoms with E-state index in [0.717, 1.165) is 11.8 Å². The molecule has 0 aromatic heterocycles.